The maximum atomic E-state index is 14.1. The number of carbonyl (C=O) groups is 11. The summed E-state index contributed by atoms with van der Waals surface area (Å²) in [6, 6.07) is -2.47. The van der Waals surface area contributed by atoms with Crippen LogP contribution in [0.4, 0.5) is 0 Å². The average molecular weight is 1030 g/mol. The number of amides is 9. The van der Waals surface area contributed by atoms with E-state index in [4.69, 9.17) is 17.2 Å². The van der Waals surface area contributed by atoms with E-state index in [0.717, 1.165) is 0 Å². The molecule has 17 N–H and O–H groups in total. The summed E-state index contributed by atoms with van der Waals surface area (Å²) in [5, 5.41) is 38.9. The number of aliphatic carboxylic acids is 2. The van der Waals surface area contributed by atoms with Crippen LogP contribution >= 0.6 is 0 Å². The summed E-state index contributed by atoms with van der Waals surface area (Å²) in [5.41, 5.74) is 18.1. The van der Waals surface area contributed by atoms with E-state index in [9.17, 15) is 63.0 Å². The highest BCUT2D eigenvalue weighted by molar-refractivity contribution is 5.99. The molecule has 0 aliphatic carbocycles. The number of imidazole rings is 1. The molecule has 2 aromatic rings. The second-order valence-electron chi connectivity index (χ2n) is 17.8. The maximum absolute atomic E-state index is 14.1. The number of nitrogens with one attached hydrogen (secondary N) is 9. The lowest BCUT2D eigenvalue weighted by atomic mass is 9.96. The molecule has 26 heteroatoms. The molecular formula is C47H73N13O13. The molecule has 0 aliphatic rings. The number of H-pyrrole nitrogens is 1. The van der Waals surface area contributed by atoms with Gasteiger partial charge in [-0.25, -0.2) is 9.78 Å². The lowest BCUT2D eigenvalue weighted by Gasteiger charge is -2.29. The summed E-state index contributed by atoms with van der Waals surface area (Å²) in [7, 11) is 0. The molecule has 404 valence electrons. The highest BCUT2D eigenvalue weighted by atomic mass is 16.4. The number of aromatic nitrogens is 2. The molecule has 0 spiro atoms. The van der Waals surface area contributed by atoms with Crippen LogP contribution in [0.1, 0.15) is 97.2 Å². The number of carboxylic acid groups (broad SMARTS) is 2. The summed E-state index contributed by atoms with van der Waals surface area (Å²) in [4.78, 5) is 150. The SMILES string of the molecule is CC[C@H](C)[C@H](N)C(=O)NCC(=O)N[C@@H](CCC(=O)O)C(=O)N[C@@H](CC(N)=O)C(=O)N[C@@H](C)C(=O)N[C@@H](CCCCN)C(=O)N[C@H](C(=O)N[C@@H](Cc1cnc[nH]1)C(=O)N[C@@H](Cc1ccccc1)C(=O)O)[C@@H](C)CC. The average Bonchev–Trinajstić information content (AvgIpc) is 3.87. The summed E-state index contributed by atoms with van der Waals surface area (Å²) >= 11 is 0. The van der Waals surface area contributed by atoms with Crippen molar-refractivity contribution in [1.82, 2.24) is 52.5 Å². The van der Waals surface area contributed by atoms with Crippen LogP contribution < -0.4 is 59.7 Å². The van der Waals surface area contributed by atoms with E-state index in [1.165, 1.54) is 19.4 Å². The van der Waals surface area contributed by atoms with Gasteiger partial charge in [-0.3, -0.25) is 47.9 Å². The Labute approximate surface area is 423 Å². The van der Waals surface area contributed by atoms with Gasteiger partial charge in [-0.05, 0) is 56.6 Å². The van der Waals surface area contributed by atoms with Crippen molar-refractivity contribution in [2.24, 2.45) is 29.0 Å². The normalized spacial score (nSPS) is 15.1. The number of benzene rings is 1. The number of unbranched alkanes of at least 4 members (excludes halogenated alkanes) is 1. The number of nitrogens with two attached hydrogens (primary N) is 3. The third-order valence-electron chi connectivity index (χ3n) is 12.0. The molecule has 1 heterocycles. The van der Waals surface area contributed by atoms with Crippen LogP contribution in [-0.4, -0.2) is 147 Å². The molecule has 0 bridgehead atoms. The summed E-state index contributed by atoms with van der Waals surface area (Å²) in [5.74, 6) is -11.6. The predicted molar refractivity (Wildman–Crippen MR) is 263 cm³/mol. The Hall–Kier alpha value is -7.48. The van der Waals surface area contributed by atoms with Gasteiger partial charge in [0.05, 0.1) is 25.3 Å². The topological polar surface area (TPSA) is 431 Å². The zero-order chi connectivity index (χ0) is 54.8. The van der Waals surface area contributed by atoms with E-state index in [0.29, 0.717) is 36.9 Å². The largest absolute Gasteiger partial charge is 0.481 e. The minimum absolute atomic E-state index is 0.00524. The number of carbonyl (C=O) groups excluding carboxylic acids is 9. The minimum atomic E-state index is -1.76. The molecule has 0 unspecified atom stereocenters. The first kappa shape index (κ1) is 61.6. The molecular weight excluding hydrogens is 955 g/mol. The van der Waals surface area contributed by atoms with Gasteiger partial charge in [-0.1, -0.05) is 70.9 Å². The van der Waals surface area contributed by atoms with Crippen molar-refractivity contribution < 1.29 is 63.0 Å². The highest BCUT2D eigenvalue weighted by Crippen LogP contribution is 2.13. The van der Waals surface area contributed by atoms with Crippen molar-refractivity contribution in [1.29, 1.82) is 0 Å². The van der Waals surface area contributed by atoms with Gasteiger partial charge in [0.15, 0.2) is 0 Å². The van der Waals surface area contributed by atoms with Gasteiger partial charge in [-0.2, -0.15) is 0 Å². The van der Waals surface area contributed by atoms with Crippen molar-refractivity contribution in [3.8, 4) is 0 Å². The van der Waals surface area contributed by atoms with Crippen LogP contribution in [0, 0.1) is 11.8 Å². The van der Waals surface area contributed by atoms with Crippen molar-refractivity contribution >= 4 is 65.1 Å². The zero-order valence-electron chi connectivity index (χ0n) is 41.9. The Morgan fingerprint density at radius 1 is 0.644 bits per heavy atom. The first-order valence-electron chi connectivity index (χ1n) is 24.1. The zero-order valence-corrected chi connectivity index (χ0v) is 41.9. The fraction of sp³-hybridized carbons (Fsp3) is 0.574. The molecule has 1 aromatic heterocycles. The summed E-state index contributed by atoms with van der Waals surface area (Å²) < 4.78 is 0. The van der Waals surface area contributed by atoms with Crippen molar-refractivity contribution in [2.45, 2.75) is 147 Å². The van der Waals surface area contributed by atoms with E-state index in [2.05, 4.69) is 52.5 Å². The molecule has 10 atom stereocenters. The first-order valence-corrected chi connectivity index (χ1v) is 24.1. The number of rotatable bonds is 34. The van der Waals surface area contributed by atoms with E-state index in [1.54, 1.807) is 51.1 Å². The van der Waals surface area contributed by atoms with Crippen LogP contribution in [-0.2, 0) is 65.6 Å². The molecule has 0 aliphatic heterocycles. The molecule has 26 nitrogen and oxygen atoms in total. The standard InChI is InChI=1S/C47H73N13O13/c1-6-25(3)38(50)45(70)52-23-36(62)55-31(16-17-37(63)64)41(66)57-33(21-35(49)61)43(68)54-27(5)40(65)56-30(15-11-12-18-48)42(67)60-39(26(4)7-2)46(71)58-32(20-29-22-51-24-53-29)44(69)59-34(47(72)73)19-28-13-9-8-10-14-28/h8-10,13-14,22,24-27,30-34,38-39H,6-7,11-12,15-21,23,48,50H2,1-5H3,(H2,49,61)(H,51,53)(H,52,70)(H,54,68)(H,55,62)(H,56,65)(H,57,66)(H,58,71)(H,59,69)(H,60,67)(H,63,64)(H,72,73)/t25-,26-,27-,30-,31-,32-,33-,34-,38-,39-/m0/s1. The molecule has 0 saturated carbocycles. The summed E-state index contributed by atoms with van der Waals surface area (Å²) in [6.07, 6.45) is 2.36. The van der Waals surface area contributed by atoms with Crippen molar-refractivity contribution in [3.63, 3.8) is 0 Å². The van der Waals surface area contributed by atoms with Gasteiger partial charge in [0, 0.05) is 31.2 Å². The van der Waals surface area contributed by atoms with Crippen LogP contribution in [0.3, 0.4) is 0 Å². The lowest BCUT2D eigenvalue weighted by molar-refractivity contribution is -0.142. The van der Waals surface area contributed by atoms with E-state index in [-0.39, 0.29) is 31.7 Å². The Bertz CT molecular complexity index is 2180. The first-order chi connectivity index (χ1) is 34.5. The predicted octanol–water partition coefficient (Wildman–Crippen LogP) is -2.90. The number of nitrogens with zero attached hydrogens (tertiary/aromatic N) is 1. The molecule has 2 rings (SSSR count). The second-order valence-corrected chi connectivity index (χ2v) is 17.8. The number of hydrogen-bond donors (Lipinski definition) is 14. The molecule has 73 heavy (non-hydrogen) atoms. The second kappa shape index (κ2) is 31.8. The molecule has 0 fully saturated rings. The van der Waals surface area contributed by atoms with Gasteiger partial charge >= 0.3 is 11.9 Å². The van der Waals surface area contributed by atoms with Gasteiger partial charge in [0.2, 0.25) is 53.2 Å². The van der Waals surface area contributed by atoms with Crippen LogP contribution in [0.2, 0.25) is 0 Å². The third-order valence-corrected chi connectivity index (χ3v) is 12.0. The smallest absolute Gasteiger partial charge is 0.326 e. The highest BCUT2D eigenvalue weighted by Gasteiger charge is 2.35. The minimum Gasteiger partial charge on any atom is -0.481 e. The van der Waals surface area contributed by atoms with Crippen LogP contribution in [0.5, 0.6) is 0 Å². The van der Waals surface area contributed by atoms with Gasteiger partial charge in [-0.15, -0.1) is 0 Å². The van der Waals surface area contributed by atoms with E-state index >= 15 is 0 Å². The number of carboxylic acids is 2. The quantitative estimate of drug-likeness (QED) is 0.0313. The summed E-state index contributed by atoms with van der Waals surface area (Å²) in [6.45, 7) is 7.82. The van der Waals surface area contributed by atoms with Gasteiger partial charge in [0.1, 0.15) is 42.3 Å². The molecule has 9 amide bonds. The Morgan fingerprint density at radius 2 is 1.22 bits per heavy atom. The number of primary amides is 1. The fourth-order valence-electron chi connectivity index (χ4n) is 7.07. The maximum Gasteiger partial charge on any atom is 0.326 e. The van der Waals surface area contributed by atoms with E-state index in [1.807, 2.05) is 6.92 Å². The van der Waals surface area contributed by atoms with E-state index < -0.39 is 145 Å². The van der Waals surface area contributed by atoms with Gasteiger partial charge in [0.25, 0.3) is 0 Å². The Morgan fingerprint density at radius 3 is 1.79 bits per heavy atom. The molecule has 0 radical (unpaired) electrons. The van der Waals surface area contributed by atoms with Crippen molar-refractivity contribution in [2.75, 3.05) is 13.1 Å². The Kier molecular flexibility index (Phi) is 26.8. The van der Waals surface area contributed by atoms with Crippen LogP contribution in [0.15, 0.2) is 42.9 Å². The van der Waals surface area contributed by atoms with Gasteiger partial charge < -0.3 is 74.9 Å². The third kappa shape index (κ3) is 22.2. The molecule has 1 aromatic carbocycles. The monoisotopic (exact) mass is 1030 g/mol. The Balaban J connectivity index is 2.28. The van der Waals surface area contributed by atoms with Crippen molar-refractivity contribution in [3.05, 3.63) is 54.1 Å². The fourth-order valence-corrected chi connectivity index (χ4v) is 7.07. The number of aromatic amines is 1. The number of hydrogen-bond acceptors (Lipinski definition) is 14. The van der Waals surface area contributed by atoms with Crippen LogP contribution in [0.25, 0.3) is 0 Å². The lowest BCUT2D eigenvalue weighted by Crippen LogP contribution is -2.61. The molecule has 0 saturated heterocycles.